The van der Waals surface area contributed by atoms with Gasteiger partial charge in [-0.3, -0.25) is 4.99 Å². The Morgan fingerprint density at radius 3 is 2.93 bits per heavy atom. The van der Waals surface area contributed by atoms with Crippen LogP contribution in [0.5, 0.6) is 11.5 Å². The third-order valence-electron chi connectivity index (χ3n) is 4.54. The largest absolute Gasteiger partial charge is 0.593 e. The minimum atomic E-state index is -1.62. The van der Waals surface area contributed by atoms with Crippen molar-refractivity contribution in [1.82, 2.24) is 4.90 Å². The highest BCUT2D eigenvalue weighted by molar-refractivity contribution is 7.92. The molecule has 2 aromatic rings. The summed E-state index contributed by atoms with van der Waals surface area (Å²) in [4.78, 5) is 10.7. The van der Waals surface area contributed by atoms with Gasteiger partial charge < -0.3 is 14.2 Å². The summed E-state index contributed by atoms with van der Waals surface area (Å²) < 4.78 is 49.0. The Kier molecular flexibility index (Phi) is 5.57. The first kappa shape index (κ1) is 20.1. The first-order valence-electron chi connectivity index (χ1n) is 9.26. The molecule has 1 unspecified atom stereocenters. The number of hydrogen-bond acceptors (Lipinski definition) is 7. The van der Waals surface area contributed by atoms with E-state index in [1.165, 1.54) is 0 Å². The number of benzene rings is 2. The molecule has 1 N–H and O–H groups in total. The van der Waals surface area contributed by atoms with E-state index in [1.807, 2.05) is 11.8 Å². The second-order valence-electron chi connectivity index (χ2n) is 6.61. The molecule has 0 saturated heterocycles. The Labute approximate surface area is 175 Å². The quantitative estimate of drug-likeness (QED) is 0.704. The number of nitriles is 1. The molecule has 0 saturated carbocycles. The predicted octanol–water partition coefficient (Wildman–Crippen LogP) is 3.85. The van der Waals surface area contributed by atoms with Crippen molar-refractivity contribution in [3.63, 3.8) is 0 Å². The number of rotatable bonds is 6. The van der Waals surface area contributed by atoms with E-state index in [0.29, 0.717) is 24.7 Å². The van der Waals surface area contributed by atoms with E-state index in [0.717, 1.165) is 17.9 Å². The zero-order valence-corrected chi connectivity index (χ0v) is 16.8. The second kappa shape index (κ2) is 8.30. The molecule has 0 aliphatic carbocycles. The molecule has 0 bridgehead atoms. The van der Waals surface area contributed by atoms with Crippen LogP contribution in [-0.2, 0) is 11.4 Å². The molecule has 2 aromatic carbocycles. The number of nitrogens with one attached hydrogen (secondary N) is 1. The maximum atomic E-state index is 14.5. The van der Waals surface area contributed by atoms with Gasteiger partial charge in [0.1, 0.15) is 34.7 Å². The number of anilines is 1. The summed E-state index contributed by atoms with van der Waals surface area (Å²) in [6.45, 7) is 3.18. The molecule has 2 aliphatic heterocycles. The third-order valence-corrected chi connectivity index (χ3v) is 5.75. The van der Waals surface area contributed by atoms with Crippen molar-refractivity contribution in [2.24, 2.45) is 9.98 Å². The zero-order chi connectivity index (χ0) is 21.3. The highest BCUT2D eigenvalue weighted by Crippen LogP contribution is 2.37. The Bertz CT molecular complexity index is 1100. The van der Waals surface area contributed by atoms with Crippen molar-refractivity contribution in [1.29, 1.82) is 5.26 Å². The molecule has 30 heavy (non-hydrogen) atoms. The fourth-order valence-corrected chi connectivity index (χ4v) is 4.09. The molecular formula is C20H17F2N5O2S. The SMILES string of the molecule is CCC[S+]([O-])Nc1c(F)cc(F)c(Oc2ccc3c(c2)C2=NCCN2C=N3)c1C#N. The van der Waals surface area contributed by atoms with Crippen molar-refractivity contribution in [3.8, 4) is 17.6 Å². The van der Waals surface area contributed by atoms with Gasteiger partial charge in [-0.2, -0.15) is 5.26 Å². The molecule has 2 heterocycles. The molecule has 10 heteroatoms. The Hall–Kier alpha value is -3.16. The van der Waals surface area contributed by atoms with Crippen LogP contribution in [0.15, 0.2) is 34.3 Å². The average molecular weight is 429 g/mol. The van der Waals surface area contributed by atoms with E-state index in [2.05, 4.69) is 14.7 Å². The van der Waals surface area contributed by atoms with Gasteiger partial charge in [-0.15, -0.1) is 0 Å². The summed E-state index contributed by atoms with van der Waals surface area (Å²) in [5.74, 6) is -1.27. The molecule has 0 aromatic heterocycles. The summed E-state index contributed by atoms with van der Waals surface area (Å²) in [5, 5.41) is 9.54. The number of halogens is 2. The van der Waals surface area contributed by atoms with Gasteiger partial charge in [-0.1, -0.05) is 6.92 Å². The van der Waals surface area contributed by atoms with Gasteiger partial charge in [0, 0.05) is 18.2 Å². The van der Waals surface area contributed by atoms with Crippen LogP contribution in [-0.4, -0.2) is 40.5 Å². The van der Waals surface area contributed by atoms with E-state index in [1.54, 1.807) is 30.6 Å². The first-order chi connectivity index (χ1) is 14.5. The van der Waals surface area contributed by atoms with Gasteiger partial charge in [0.15, 0.2) is 17.4 Å². The maximum Gasteiger partial charge on any atom is 0.183 e. The number of hydrogen-bond donors (Lipinski definition) is 1. The fraction of sp³-hybridized carbons (Fsp3) is 0.250. The lowest BCUT2D eigenvalue weighted by Crippen LogP contribution is -2.29. The van der Waals surface area contributed by atoms with Gasteiger partial charge in [0.25, 0.3) is 0 Å². The summed E-state index contributed by atoms with van der Waals surface area (Å²) in [6.07, 6.45) is 2.29. The first-order valence-corrected chi connectivity index (χ1v) is 10.6. The minimum absolute atomic E-state index is 0.239. The fourth-order valence-electron chi connectivity index (χ4n) is 3.19. The van der Waals surface area contributed by atoms with Crippen molar-refractivity contribution >= 4 is 34.9 Å². The van der Waals surface area contributed by atoms with E-state index in [-0.39, 0.29) is 17.2 Å². The standard InChI is InChI=1S/C20H17F2N5O2S/c1-2-7-30(28)26-18-14(10-23)19(16(22)9-15(18)21)29-12-3-4-17-13(8-12)20-24-5-6-27(20)11-25-17/h3-4,8-9,11,26H,2,5-7H2,1H3. The Morgan fingerprint density at radius 1 is 1.33 bits per heavy atom. The normalized spacial score (nSPS) is 15.2. The van der Waals surface area contributed by atoms with Crippen molar-refractivity contribution in [2.45, 2.75) is 13.3 Å². The van der Waals surface area contributed by atoms with Gasteiger partial charge in [-0.25, -0.2) is 18.5 Å². The predicted molar refractivity (Wildman–Crippen MR) is 111 cm³/mol. The monoisotopic (exact) mass is 429 g/mol. The Balaban J connectivity index is 1.71. The summed E-state index contributed by atoms with van der Waals surface area (Å²) >= 11 is -1.62. The Morgan fingerprint density at radius 2 is 2.17 bits per heavy atom. The van der Waals surface area contributed by atoms with E-state index < -0.39 is 34.3 Å². The van der Waals surface area contributed by atoms with E-state index in [9.17, 15) is 18.6 Å². The molecule has 154 valence electrons. The van der Waals surface area contributed by atoms with Crippen LogP contribution in [0.1, 0.15) is 24.5 Å². The highest BCUT2D eigenvalue weighted by Gasteiger charge is 2.26. The van der Waals surface area contributed by atoms with Crippen molar-refractivity contribution in [2.75, 3.05) is 23.6 Å². The number of amidine groups is 1. The molecule has 4 rings (SSSR count). The molecule has 0 spiro atoms. The number of ether oxygens (including phenoxy) is 1. The second-order valence-corrected chi connectivity index (χ2v) is 7.91. The van der Waals surface area contributed by atoms with Crippen LogP contribution < -0.4 is 9.46 Å². The summed E-state index contributed by atoms with van der Waals surface area (Å²) in [5.41, 5.74) is 0.662. The molecule has 0 fully saturated rings. The minimum Gasteiger partial charge on any atom is -0.593 e. The number of aliphatic imine (C=N–C) groups is 2. The summed E-state index contributed by atoms with van der Waals surface area (Å²) in [7, 11) is 0. The number of fused-ring (bicyclic) bond motifs is 3. The van der Waals surface area contributed by atoms with Crippen LogP contribution in [0.25, 0.3) is 0 Å². The van der Waals surface area contributed by atoms with Gasteiger partial charge >= 0.3 is 0 Å². The van der Waals surface area contributed by atoms with Gasteiger partial charge in [0.05, 0.1) is 29.9 Å². The topological polar surface area (TPSA) is 96.1 Å². The van der Waals surface area contributed by atoms with Crippen molar-refractivity contribution < 1.29 is 18.1 Å². The van der Waals surface area contributed by atoms with Crippen LogP contribution in [0, 0.1) is 23.0 Å². The summed E-state index contributed by atoms with van der Waals surface area (Å²) in [6, 6.07) is 7.28. The van der Waals surface area contributed by atoms with E-state index in [4.69, 9.17) is 4.74 Å². The number of nitrogens with zero attached hydrogens (tertiary/aromatic N) is 4. The molecule has 2 aliphatic rings. The van der Waals surface area contributed by atoms with Crippen molar-refractivity contribution in [3.05, 3.63) is 47.0 Å². The van der Waals surface area contributed by atoms with Crippen LogP contribution >= 0.6 is 0 Å². The van der Waals surface area contributed by atoms with Crippen LogP contribution in [0.3, 0.4) is 0 Å². The molecule has 0 amide bonds. The lowest BCUT2D eigenvalue weighted by atomic mass is 10.1. The molecule has 1 atom stereocenters. The van der Waals surface area contributed by atoms with E-state index >= 15 is 0 Å². The lowest BCUT2D eigenvalue weighted by Gasteiger charge is -2.21. The van der Waals surface area contributed by atoms with Crippen LogP contribution in [0.2, 0.25) is 0 Å². The molecule has 0 radical (unpaired) electrons. The smallest absolute Gasteiger partial charge is 0.183 e. The van der Waals surface area contributed by atoms with Gasteiger partial charge in [0.2, 0.25) is 0 Å². The van der Waals surface area contributed by atoms with Crippen LogP contribution in [0.4, 0.5) is 20.2 Å². The maximum absolute atomic E-state index is 14.5. The lowest BCUT2D eigenvalue weighted by molar-refractivity contribution is 0.436. The van der Waals surface area contributed by atoms with Gasteiger partial charge in [-0.05, 0) is 24.6 Å². The zero-order valence-electron chi connectivity index (χ0n) is 16.0. The highest BCUT2D eigenvalue weighted by atomic mass is 32.2. The third kappa shape index (κ3) is 3.69. The molecule has 7 nitrogen and oxygen atoms in total. The average Bonchev–Trinajstić information content (AvgIpc) is 3.21. The molecular weight excluding hydrogens is 412 g/mol.